The number of nitrogens with zero attached hydrogens (tertiary/aromatic N) is 2. The first-order chi connectivity index (χ1) is 10.9. The Hall–Kier alpha value is -1.12. The Morgan fingerprint density at radius 1 is 1.22 bits per heavy atom. The largest absolute Gasteiger partial charge is 0.390 e. The van der Waals surface area contributed by atoms with Gasteiger partial charge in [0.1, 0.15) is 6.04 Å². The second-order valence-electron chi connectivity index (χ2n) is 9.21. The molecule has 6 aliphatic rings. The Kier molecular flexibility index (Phi) is 2.65. The molecule has 3 N–H and O–H groups in total. The molecule has 6 rings (SSSR count). The predicted octanol–water partition coefficient (Wildman–Crippen LogP) is 1.16. The average Bonchev–Trinajstić information content (AvgIpc) is 3.14. The molecule has 124 valence electrons. The molecule has 8 atom stereocenters. The van der Waals surface area contributed by atoms with E-state index in [4.69, 9.17) is 5.73 Å². The summed E-state index contributed by atoms with van der Waals surface area (Å²) in [5, 5.41) is 20.2. The van der Waals surface area contributed by atoms with Crippen molar-refractivity contribution in [3.63, 3.8) is 0 Å². The molecule has 0 aromatic rings. The zero-order chi connectivity index (χ0) is 16.0. The van der Waals surface area contributed by atoms with E-state index in [9.17, 15) is 15.2 Å². The van der Waals surface area contributed by atoms with Crippen LogP contribution in [0.15, 0.2) is 0 Å². The molecule has 0 aromatic carbocycles. The van der Waals surface area contributed by atoms with Gasteiger partial charge in [0.05, 0.1) is 17.7 Å². The molecule has 0 spiro atoms. The van der Waals surface area contributed by atoms with E-state index in [1.165, 1.54) is 6.42 Å². The molecule has 0 radical (unpaired) electrons. The van der Waals surface area contributed by atoms with Gasteiger partial charge in [-0.1, -0.05) is 0 Å². The van der Waals surface area contributed by atoms with E-state index in [2.05, 4.69) is 6.07 Å². The molecule has 1 aliphatic heterocycles. The summed E-state index contributed by atoms with van der Waals surface area (Å²) in [6.45, 7) is 0. The minimum atomic E-state index is -0.594. The minimum absolute atomic E-state index is 0.0212. The van der Waals surface area contributed by atoms with Gasteiger partial charge in [0.25, 0.3) is 0 Å². The van der Waals surface area contributed by atoms with Crippen LogP contribution in [0.5, 0.6) is 0 Å². The summed E-state index contributed by atoms with van der Waals surface area (Å²) in [6.07, 6.45) is 7.48. The maximum absolute atomic E-state index is 13.1. The van der Waals surface area contributed by atoms with Crippen molar-refractivity contribution in [2.24, 2.45) is 28.9 Å². The van der Waals surface area contributed by atoms with Crippen LogP contribution in [0.1, 0.15) is 51.4 Å². The molecular formula is C18H25N3O2. The van der Waals surface area contributed by atoms with Gasteiger partial charge in [-0.3, -0.25) is 4.79 Å². The van der Waals surface area contributed by atoms with Crippen molar-refractivity contribution in [2.75, 3.05) is 0 Å². The molecule has 5 nitrogen and oxygen atoms in total. The fourth-order valence-electron chi connectivity index (χ4n) is 6.96. The van der Waals surface area contributed by atoms with E-state index in [-0.39, 0.29) is 23.4 Å². The molecule has 0 aromatic heterocycles. The van der Waals surface area contributed by atoms with Crippen LogP contribution in [0.2, 0.25) is 0 Å². The molecule has 5 saturated carbocycles. The third-order valence-electron chi connectivity index (χ3n) is 7.51. The van der Waals surface area contributed by atoms with E-state index in [0.29, 0.717) is 24.2 Å². The minimum Gasteiger partial charge on any atom is -0.390 e. The van der Waals surface area contributed by atoms with Crippen molar-refractivity contribution in [3.8, 4) is 6.07 Å². The standard InChI is InChI=1S/C18H25N3O2/c19-8-13-2-12-3-14(12)21(13)16(22)15(20)17-4-10-1-11(5-17)7-18(23,6-10)9-17/h10-15,23H,1-7,9,20H2/t10-,11+,12-,13+,14+,15-,17?,18?/m0/s1. The van der Waals surface area contributed by atoms with Crippen LogP contribution in [-0.2, 0) is 4.79 Å². The number of hydrogen-bond donors (Lipinski definition) is 2. The number of nitrogens with two attached hydrogens (primary N) is 1. The number of nitriles is 1. The molecule has 5 aliphatic carbocycles. The van der Waals surface area contributed by atoms with Gasteiger partial charge in [0.2, 0.25) is 5.91 Å². The summed E-state index contributed by atoms with van der Waals surface area (Å²) in [7, 11) is 0. The van der Waals surface area contributed by atoms with E-state index < -0.39 is 11.6 Å². The number of rotatable bonds is 2. The van der Waals surface area contributed by atoms with Crippen LogP contribution in [0.4, 0.5) is 0 Å². The van der Waals surface area contributed by atoms with Crippen LogP contribution in [-0.4, -0.2) is 39.6 Å². The van der Waals surface area contributed by atoms with Gasteiger partial charge in [0.15, 0.2) is 0 Å². The third kappa shape index (κ3) is 1.88. The average molecular weight is 315 g/mol. The zero-order valence-electron chi connectivity index (χ0n) is 13.4. The van der Waals surface area contributed by atoms with Gasteiger partial charge < -0.3 is 15.7 Å². The van der Waals surface area contributed by atoms with E-state index in [1.54, 1.807) is 4.90 Å². The van der Waals surface area contributed by atoms with Crippen molar-refractivity contribution < 1.29 is 9.90 Å². The first-order valence-corrected chi connectivity index (χ1v) is 9.13. The summed E-state index contributed by atoms with van der Waals surface area (Å²) >= 11 is 0. The Morgan fingerprint density at radius 2 is 1.91 bits per heavy atom. The Labute approximate surface area is 136 Å². The summed E-state index contributed by atoms with van der Waals surface area (Å²) in [6, 6.07) is 1.72. The lowest BCUT2D eigenvalue weighted by Gasteiger charge is -2.61. The highest BCUT2D eigenvalue weighted by Gasteiger charge is 2.62. The van der Waals surface area contributed by atoms with Crippen LogP contribution >= 0.6 is 0 Å². The lowest BCUT2D eigenvalue weighted by atomic mass is 9.46. The number of fused-ring (bicyclic) bond motifs is 1. The Morgan fingerprint density at radius 3 is 2.52 bits per heavy atom. The number of amides is 1. The summed E-state index contributed by atoms with van der Waals surface area (Å²) in [5.41, 5.74) is 5.71. The van der Waals surface area contributed by atoms with Gasteiger partial charge in [-0.2, -0.15) is 5.26 Å². The van der Waals surface area contributed by atoms with Crippen molar-refractivity contribution in [2.45, 2.75) is 75.1 Å². The molecule has 1 saturated heterocycles. The maximum Gasteiger partial charge on any atom is 0.241 e. The molecule has 1 heterocycles. The summed E-state index contributed by atoms with van der Waals surface area (Å²) in [4.78, 5) is 14.9. The second kappa shape index (κ2) is 4.29. The second-order valence-corrected chi connectivity index (χ2v) is 9.21. The van der Waals surface area contributed by atoms with Crippen LogP contribution in [0, 0.1) is 34.5 Å². The van der Waals surface area contributed by atoms with Crippen molar-refractivity contribution in [3.05, 3.63) is 0 Å². The number of carbonyl (C=O) groups is 1. The highest BCUT2D eigenvalue weighted by molar-refractivity contribution is 5.84. The normalized spacial score (nSPS) is 53.8. The molecule has 4 bridgehead atoms. The Balaban J connectivity index is 1.43. The van der Waals surface area contributed by atoms with E-state index in [1.807, 2.05) is 0 Å². The number of carbonyl (C=O) groups excluding carboxylic acids is 1. The van der Waals surface area contributed by atoms with Crippen LogP contribution < -0.4 is 5.73 Å². The number of likely N-dealkylation sites (tertiary alicyclic amines) is 1. The fraction of sp³-hybridized carbons (Fsp3) is 0.889. The Bertz CT molecular complexity index is 598. The smallest absolute Gasteiger partial charge is 0.241 e. The van der Waals surface area contributed by atoms with Crippen molar-refractivity contribution in [1.29, 1.82) is 5.26 Å². The monoisotopic (exact) mass is 315 g/mol. The van der Waals surface area contributed by atoms with Gasteiger partial charge in [-0.25, -0.2) is 0 Å². The van der Waals surface area contributed by atoms with E-state index in [0.717, 1.165) is 38.5 Å². The van der Waals surface area contributed by atoms with Gasteiger partial charge in [-0.15, -0.1) is 0 Å². The first kappa shape index (κ1) is 14.2. The molecule has 23 heavy (non-hydrogen) atoms. The fourth-order valence-corrected chi connectivity index (χ4v) is 6.96. The van der Waals surface area contributed by atoms with Gasteiger partial charge in [0, 0.05) is 6.04 Å². The van der Waals surface area contributed by atoms with Crippen LogP contribution in [0.25, 0.3) is 0 Å². The predicted molar refractivity (Wildman–Crippen MR) is 82.8 cm³/mol. The molecule has 5 heteroatoms. The first-order valence-electron chi connectivity index (χ1n) is 9.13. The molecule has 2 unspecified atom stereocenters. The third-order valence-corrected chi connectivity index (χ3v) is 7.51. The number of piperidine rings is 1. The van der Waals surface area contributed by atoms with Gasteiger partial charge in [-0.05, 0) is 74.5 Å². The molecular weight excluding hydrogens is 290 g/mol. The number of hydrogen-bond acceptors (Lipinski definition) is 4. The lowest BCUT2D eigenvalue weighted by molar-refractivity contribution is -0.177. The van der Waals surface area contributed by atoms with Crippen molar-refractivity contribution in [1.82, 2.24) is 4.90 Å². The van der Waals surface area contributed by atoms with Gasteiger partial charge >= 0.3 is 0 Å². The highest BCUT2D eigenvalue weighted by atomic mass is 16.3. The van der Waals surface area contributed by atoms with Crippen LogP contribution in [0.3, 0.4) is 0 Å². The quantitative estimate of drug-likeness (QED) is 0.800. The summed E-state index contributed by atoms with van der Waals surface area (Å²) < 4.78 is 0. The van der Waals surface area contributed by atoms with E-state index >= 15 is 0 Å². The topological polar surface area (TPSA) is 90.4 Å². The highest BCUT2D eigenvalue weighted by Crippen LogP contribution is 2.63. The van der Waals surface area contributed by atoms with Crippen molar-refractivity contribution >= 4 is 5.91 Å². The number of aliphatic hydroxyl groups is 1. The summed E-state index contributed by atoms with van der Waals surface area (Å²) in [5.74, 6) is 1.56. The molecule has 1 amide bonds. The SMILES string of the molecule is N#C[C@H]1C[C@H]2C[C@H]2N1C(=O)[C@H](N)C12C[C@@H]3C[C@@H](CC(O)(C3)C1)C2. The lowest BCUT2D eigenvalue weighted by Crippen LogP contribution is -2.64. The zero-order valence-corrected chi connectivity index (χ0v) is 13.4. The maximum atomic E-state index is 13.1. The molecule has 6 fully saturated rings.